The van der Waals surface area contributed by atoms with Crippen molar-refractivity contribution < 1.29 is 4.74 Å². The zero-order valence-corrected chi connectivity index (χ0v) is 14.2. The minimum absolute atomic E-state index is 0.203. The molecule has 0 unspecified atom stereocenters. The summed E-state index contributed by atoms with van der Waals surface area (Å²) in [4.78, 5) is 0. The molecule has 3 heteroatoms. The highest BCUT2D eigenvalue weighted by Gasteiger charge is 2.06. The lowest BCUT2D eigenvalue weighted by atomic mass is 10.0. The van der Waals surface area contributed by atoms with Gasteiger partial charge in [-0.15, -0.1) is 23.2 Å². The van der Waals surface area contributed by atoms with Crippen LogP contribution in [0.25, 0.3) is 0 Å². The zero-order valence-electron chi connectivity index (χ0n) is 12.6. The van der Waals surface area contributed by atoms with Gasteiger partial charge in [-0.1, -0.05) is 71.1 Å². The lowest BCUT2D eigenvalue weighted by Gasteiger charge is -2.13. The maximum Gasteiger partial charge on any atom is 0.0710 e. The van der Waals surface area contributed by atoms with Gasteiger partial charge in [0.25, 0.3) is 0 Å². The highest BCUT2D eigenvalue weighted by atomic mass is 35.5. The van der Waals surface area contributed by atoms with E-state index >= 15 is 0 Å². The summed E-state index contributed by atoms with van der Waals surface area (Å²) in [6.07, 6.45) is 15.0. The van der Waals surface area contributed by atoms with Crippen LogP contribution in [-0.2, 0) is 4.74 Å². The Hall–Kier alpha value is 0.540. The van der Waals surface area contributed by atoms with Crippen LogP contribution < -0.4 is 0 Å². The van der Waals surface area contributed by atoms with Crippen molar-refractivity contribution in [2.75, 3.05) is 18.4 Å². The maximum absolute atomic E-state index is 5.86. The number of ether oxygens (including phenoxy) is 1. The van der Waals surface area contributed by atoms with Crippen LogP contribution in [0.15, 0.2) is 0 Å². The molecule has 0 fully saturated rings. The minimum Gasteiger partial charge on any atom is -0.376 e. The predicted octanol–water partition coefficient (Wildman–Crippen LogP) is 6.16. The fraction of sp³-hybridized carbons (Fsp3) is 1.00. The lowest BCUT2D eigenvalue weighted by Crippen LogP contribution is -2.16. The molecule has 0 heterocycles. The van der Waals surface area contributed by atoms with Crippen LogP contribution in [0.3, 0.4) is 0 Å². The summed E-state index contributed by atoms with van der Waals surface area (Å²) in [5, 5.41) is 0. The number of unbranched alkanes of at least 4 members (excludes halogenated alkanes) is 9. The average Bonchev–Trinajstić information content (AvgIpc) is 2.44. The van der Waals surface area contributed by atoms with E-state index < -0.39 is 0 Å². The van der Waals surface area contributed by atoms with Gasteiger partial charge in [-0.2, -0.15) is 0 Å². The van der Waals surface area contributed by atoms with Crippen molar-refractivity contribution in [3.05, 3.63) is 0 Å². The second kappa shape index (κ2) is 16.6. The highest BCUT2D eigenvalue weighted by molar-refractivity contribution is 6.18. The van der Waals surface area contributed by atoms with Crippen molar-refractivity contribution >= 4 is 23.2 Å². The number of hydrogen-bond acceptors (Lipinski definition) is 1. The number of alkyl halides is 2. The van der Waals surface area contributed by atoms with E-state index in [1.54, 1.807) is 0 Å². The van der Waals surface area contributed by atoms with Crippen molar-refractivity contribution in [1.29, 1.82) is 0 Å². The third-order valence-corrected chi connectivity index (χ3v) is 3.98. The minimum atomic E-state index is 0.203. The Morgan fingerprint density at radius 2 is 1.32 bits per heavy atom. The molecule has 0 aromatic rings. The Morgan fingerprint density at radius 1 is 0.789 bits per heavy atom. The van der Waals surface area contributed by atoms with Gasteiger partial charge in [-0.25, -0.2) is 0 Å². The molecule has 0 aromatic heterocycles. The van der Waals surface area contributed by atoms with Crippen LogP contribution in [0.5, 0.6) is 0 Å². The smallest absolute Gasteiger partial charge is 0.0710 e. The van der Waals surface area contributed by atoms with E-state index in [-0.39, 0.29) is 6.10 Å². The molecule has 0 bridgehead atoms. The first kappa shape index (κ1) is 19.5. The third-order valence-electron chi connectivity index (χ3n) is 3.48. The molecule has 0 saturated heterocycles. The lowest BCUT2D eigenvalue weighted by molar-refractivity contribution is 0.0721. The molecule has 0 radical (unpaired) electrons. The van der Waals surface area contributed by atoms with Crippen LogP contribution in [-0.4, -0.2) is 24.5 Å². The fourth-order valence-corrected chi connectivity index (χ4v) is 2.61. The Bertz CT molecular complexity index is 165. The van der Waals surface area contributed by atoms with Crippen molar-refractivity contribution in [3.63, 3.8) is 0 Å². The van der Waals surface area contributed by atoms with Crippen molar-refractivity contribution in [1.82, 2.24) is 0 Å². The summed E-state index contributed by atoms with van der Waals surface area (Å²) < 4.78 is 5.56. The molecule has 0 aromatic carbocycles. The van der Waals surface area contributed by atoms with E-state index in [0.717, 1.165) is 6.42 Å². The topological polar surface area (TPSA) is 9.23 Å². The quantitative estimate of drug-likeness (QED) is 0.260. The predicted molar refractivity (Wildman–Crippen MR) is 87.6 cm³/mol. The van der Waals surface area contributed by atoms with Gasteiger partial charge in [0, 0.05) is 11.8 Å². The molecule has 0 aliphatic heterocycles. The number of rotatable bonds is 15. The molecular weight excluding hydrogens is 279 g/mol. The van der Waals surface area contributed by atoms with E-state index in [9.17, 15) is 0 Å². The molecule has 0 rings (SSSR count). The van der Waals surface area contributed by atoms with Gasteiger partial charge < -0.3 is 4.74 Å². The van der Waals surface area contributed by atoms with Crippen molar-refractivity contribution in [2.45, 2.75) is 83.7 Å². The summed E-state index contributed by atoms with van der Waals surface area (Å²) in [5.41, 5.74) is 0. The normalized spacial score (nSPS) is 12.8. The molecule has 0 spiro atoms. The van der Waals surface area contributed by atoms with Gasteiger partial charge in [0.05, 0.1) is 12.7 Å². The summed E-state index contributed by atoms with van der Waals surface area (Å²) in [5.74, 6) is 1.15. The molecule has 0 aliphatic rings. The van der Waals surface area contributed by atoms with E-state index in [2.05, 4.69) is 6.92 Å². The van der Waals surface area contributed by atoms with Crippen molar-refractivity contribution in [3.8, 4) is 0 Å². The molecule has 0 aliphatic carbocycles. The SMILES string of the molecule is CCCCCCCCCCCC[C@H](CCl)OCCCl. The zero-order chi connectivity index (χ0) is 14.2. The molecule has 0 N–H and O–H groups in total. The molecular formula is C16H32Cl2O. The second-order valence-corrected chi connectivity index (χ2v) is 5.99. The maximum atomic E-state index is 5.86. The Morgan fingerprint density at radius 3 is 1.79 bits per heavy atom. The van der Waals surface area contributed by atoms with Crippen LogP contribution in [0.1, 0.15) is 77.6 Å². The van der Waals surface area contributed by atoms with Crippen LogP contribution >= 0.6 is 23.2 Å². The van der Waals surface area contributed by atoms with Gasteiger partial charge in [0.2, 0.25) is 0 Å². The van der Waals surface area contributed by atoms with Gasteiger partial charge in [0.1, 0.15) is 0 Å². The summed E-state index contributed by atoms with van der Waals surface area (Å²) in [6, 6.07) is 0. The van der Waals surface area contributed by atoms with E-state index in [4.69, 9.17) is 27.9 Å². The molecule has 0 amide bonds. The molecule has 1 nitrogen and oxygen atoms in total. The van der Waals surface area contributed by atoms with E-state index in [1.165, 1.54) is 64.2 Å². The van der Waals surface area contributed by atoms with E-state index in [0.29, 0.717) is 18.4 Å². The molecule has 19 heavy (non-hydrogen) atoms. The summed E-state index contributed by atoms with van der Waals surface area (Å²) in [7, 11) is 0. The summed E-state index contributed by atoms with van der Waals surface area (Å²) >= 11 is 11.5. The summed E-state index contributed by atoms with van der Waals surface area (Å²) in [6.45, 7) is 2.89. The Balaban J connectivity index is 3.16. The Labute approximate surface area is 130 Å². The second-order valence-electron chi connectivity index (χ2n) is 5.31. The molecule has 0 saturated carbocycles. The average molecular weight is 311 g/mol. The van der Waals surface area contributed by atoms with Crippen LogP contribution in [0.2, 0.25) is 0 Å². The number of hydrogen-bond donors (Lipinski definition) is 0. The van der Waals surface area contributed by atoms with Gasteiger partial charge in [0.15, 0.2) is 0 Å². The molecule has 116 valence electrons. The Kier molecular flexibility index (Phi) is 17.1. The highest BCUT2D eigenvalue weighted by Crippen LogP contribution is 2.13. The fourth-order valence-electron chi connectivity index (χ4n) is 2.28. The monoisotopic (exact) mass is 310 g/mol. The van der Waals surface area contributed by atoms with E-state index in [1.807, 2.05) is 0 Å². The van der Waals surface area contributed by atoms with Crippen LogP contribution in [0, 0.1) is 0 Å². The first-order valence-electron chi connectivity index (χ1n) is 8.08. The first-order valence-corrected chi connectivity index (χ1v) is 9.15. The largest absolute Gasteiger partial charge is 0.376 e. The van der Waals surface area contributed by atoms with Gasteiger partial charge >= 0.3 is 0 Å². The standard InChI is InChI=1S/C16H32Cl2O/c1-2-3-4-5-6-7-8-9-10-11-12-16(15-18)19-14-13-17/h16H,2-15H2,1H3/t16-/m1/s1. The van der Waals surface area contributed by atoms with Crippen molar-refractivity contribution in [2.24, 2.45) is 0 Å². The first-order chi connectivity index (χ1) is 9.35. The molecule has 1 atom stereocenters. The van der Waals surface area contributed by atoms with Crippen LogP contribution in [0.4, 0.5) is 0 Å². The van der Waals surface area contributed by atoms with Gasteiger partial charge in [-0.3, -0.25) is 0 Å². The third kappa shape index (κ3) is 14.8. The number of halogens is 2. The van der Waals surface area contributed by atoms with Gasteiger partial charge in [-0.05, 0) is 6.42 Å².